The predicted molar refractivity (Wildman–Crippen MR) is 107 cm³/mol. The molecule has 1 aliphatic rings. The fourth-order valence-corrected chi connectivity index (χ4v) is 3.21. The van der Waals surface area contributed by atoms with E-state index < -0.39 is 0 Å². The summed E-state index contributed by atoms with van der Waals surface area (Å²) in [6, 6.07) is 5.63. The fourth-order valence-electron chi connectivity index (χ4n) is 3.21. The highest BCUT2D eigenvalue weighted by molar-refractivity contribution is 5.79. The minimum Gasteiger partial charge on any atom is -0.357 e. The van der Waals surface area contributed by atoms with E-state index in [0.717, 1.165) is 57.3 Å². The molecule has 6 heteroatoms. The topological polar surface area (TPSA) is 42.9 Å². The normalized spacial score (nSPS) is 18.0. The lowest BCUT2D eigenvalue weighted by atomic mass is 10.1. The summed E-state index contributed by atoms with van der Waals surface area (Å²) in [5.74, 6) is 0.647. The van der Waals surface area contributed by atoms with Crippen molar-refractivity contribution in [2.75, 3.05) is 45.8 Å². The lowest BCUT2D eigenvalue weighted by molar-refractivity contribution is 0.107. The van der Waals surface area contributed by atoms with Gasteiger partial charge in [0.1, 0.15) is 5.82 Å². The van der Waals surface area contributed by atoms with Crippen LogP contribution in [0.25, 0.3) is 0 Å². The molecule has 0 saturated carbocycles. The molecule has 1 aromatic carbocycles. The quantitative estimate of drug-likeness (QED) is 0.576. The first kappa shape index (κ1) is 20.6. The Labute approximate surface area is 157 Å². The summed E-state index contributed by atoms with van der Waals surface area (Å²) in [7, 11) is 0. The van der Waals surface area contributed by atoms with Crippen molar-refractivity contribution >= 4 is 5.96 Å². The van der Waals surface area contributed by atoms with E-state index in [9.17, 15) is 4.39 Å². The summed E-state index contributed by atoms with van der Waals surface area (Å²) < 4.78 is 13.4. The van der Waals surface area contributed by atoms with E-state index in [0.29, 0.717) is 18.2 Å². The Morgan fingerprint density at radius 3 is 2.54 bits per heavy atom. The Bertz CT molecular complexity index is 582. The van der Waals surface area contributed by atoms with Gasteiger partial charge in [0, 0.05) is 45.3 Å². The van der Waals surface area contributed by atoms with Crippen LogP contribution in [0.4, 0.5) is 4.39 Å². The molecule has 1 aromatic rings. The first-order valence-electron chi connectivity index (χ1n) is 9.77. The molecule has 26 heavy (non-hydrogen) atoms. The third-order valence-electron chi connectivity index (χ3n) is 5.03. The number of nitrogens with zero attached hydrogens (tertiary/aromatic N) is 3. The van der Waals surface area contributed by atoms with E-state index in [1.165, 1.54) is 6.07 Å². The molecule has 0 spiro atoms. The van der Waals surface area contributed by atoms with Crippen molar-refractivity contribution in [2.45, 2.75) is 40.3 Å². The SMILES string of the molecule is CCNC(=NCc1ccc(F)c(C)c1)NCC(C)N1CCN(CC)CC1. The summed E-state index contributed by atoms with van der Waals surface area (Å²) in [6.07, 6.45) is 0. The zero-order valence-electron chi connectivity index (χ0n) is 16.7. The van der Waals surface area contributed by atoms with Gasteiger partial charge in [0.05, 0.1) is 6.54 Å². The second-order valence-electron chi connectivity index (χ2n) is 6.98. The molecule has 1 aliphatic heterocycles. The fraction of sp³-hybridized carbons (Fsp3) is 0.650. The maximum atomic E-state index is 13.4. The van der Waals surface area contributed by atoms with Crippen LogP contribution < -0.4 is 10.6 Å². The third-order valence-corrected chi connectivity index (χ3v) is 5.03. The standard InChI is InChI=1S/C20H34FN5/c1-5-22-20(24-15-18-7-8-19(21)16(3)13-18)23-14-17(4)26-11-9-25(6-2)10-12-26/h7-8,13,17H,5-6,9-12,14-15H2,1-4H3,(H2,22,23,24). The van der Waals surface area contributed by atoms with Crippen molar-refractivity contribution in [3.8, 4) is 0 Å². The largest absolute Gasteiger partial charge is 0.357 e. The van der Waals surface area contributed by atoms with Crippen LogP contribution in [0.15, 0.2) is 23.2 Å². The Hall–Kier alpha value is -1.66. The van der Waals surface area contributed by atoms with Gasteiger partial charge in [0.25, 0.3) is 0 Å². The number of rotatable bonds is 7. The van der Waals surface area contributed by atoms with Crippen molar-refractivity contribution in [3.05, 3.63) is 35.1 Å². The molecule has 1 saturated heterocycles. The van der Waals surface area contributed by atoms with Gasteiger partial charge in [-0.05, 0) is 44.5 Å². The molecular weight excluding hydrogens is 329 g/mol. The number of guanidine groups is 1. The summed E-state index contributed by atoms with van der Waals surface area (Å²) in [5.41, 5.74) is 1.68. The molecule has 0 amide bonds. The molecule has 1 unspecified atom stereocenters. The average Bonchev–Trinajstić information content (AvgIpc) is 2.66. The average molecular weight is 364 g/mol. The Morgan fingerprint density at radius 1 is 1.19 bits per heavy atom. The van der Waals surface area contributed by atoms with Crippen LogP contribution in [-0.4, -0.2) is 67.6 Å². The Kier molecular flexibility index (Phi) is 8.32. The Morgan fingerprint density at radius 2 is 1.92 bits per heavy atom. The van der Waals surface area contributed by atoms with E-state index in [1.54, 1.807) is 13.0 Å². The van der Waals surface area contributed by atoms with Gasteiger partial charge in [0.15, 0.2) is 5.96 Å². The van der Waals surface area contributed by atoms with Gasteiger partial charge in [-0.3, -0.25) is 4.90 Å². The van der Waals surface area contributed by atoms with Gasteiger partial charge in [0.2, 0.25) is 0 Å². The summed E-state index contributed by atoms with van der Waals surface area (Å²) in [6.45, 7) is 16.2. The van der Waals surface area contributed by atoms with Crippen LogP contribution in [0.3, 0.4) is 0 Å². The first-order valence-corrected chi connectivity index (χ1v) is 9.77. The minimum absolute atomic E-state index is 0.167. The number of likely N-dealkylation sites (N-methyl/N-ethyl adjacent to an activating group) is 1. The highest BCUT2D eigenvalue weighted by Gasteiger charge is 2.20. The number of hydrogen-bond donors (Lipinski definition) is 2. The summed E-state index contributed by atoms with van der Waals surface area (Å²) >= 11 is 0. The Balaban J connectivity index is 1.85. The number of aryl methyl sites for hydroxylation is 1. The number of aliphatic imine (C=N–C) groups is 1. The van der Waals surface area contributed by atoms with Crippen molar-refractivity contribution in [3.63, 3.8) is 0 Å². The van der Waals surface area contributed by atoms with Gasteiger partial charge < -0.3 is 15.5 Å². The van der Waals surface area contributed by atoms with Crippen LogP contribution in [-0.2, 0) is 6.54 Å². The molecule has 1 fully saturated rings. The third kappa shape index (κ3) is 6.25. The number of hydrogen-bond acceptors (Lipinski definition) is 3. The smallest absolute Gasteiger partial charge is 0.191 e. The molecular formula is C20H34FN5. The highest BCUT2D eigenvalue weighted by atomic mass is 19.1. The van der Waals surface area contributed by atoms with Crippen molar-refractivity contribution < 1.29 is 4.39 Å². The number of nitrogens with one attached hydrogen (secondary N) is 2. The lowest BCUT2D eigenvalue weighted by Gasteiger charge is -2.37. The van der Waals surface area contributed by atoms with Gasteiger partial charge in [-0.15, -0.1) is 0 Å². The maximum absolute atomic E-state index is 13.4. The maximum Gasteiger partial charge on any atom is 0.191 e. The summed E-state index contributed by atoms with van der Waals surface area (Å²) in [4.78, 5) is 9.67. The van der Waals surface area contributed by atoms with Gasteiger partial charge in [-0.1, -0.05) is 19.1 Å². The number of piperazine rings is 1. The molecule has 0 aromatic heterocycles. The van der Waals surface area contributed by atoms with Crippen molar-refractivity contribution in [1.29, 1.82) is 0 Å². The molecule has 0 bridgehead atoms. The highest BCUT2D eigenvalue weighted by Crippen LogP contribution is 2.10. The van der Waals surface area contributed by atoms with Crippen LogP contribution in [0.2, 0.25) is 0 Å². The van der Waals surface area contributed by atoms with Gasteiger partial charge in [-0.2, -0.15) is 0 Å². The van der Waals surface area contributed by atoms with Crippen LogP contribution >= 0.6 is 0 Å². The molecule has 146 valence electrons. The molecule has 1 atom stereocenters. The van der Waals surface area contributed by atoms with Crippen LogP contribution in [0.5, 0.6) is 0 Å². The molecule has 2 N–H and O–H groups in total. The van der Waals surface area contributed by atoms with Gasteiger partial charge in [-0.25, -0.2) is 9.38 Å². The second-order valence-corrected chi connectivity index (χ2v) is 6.98. The van der Waals surface area contributed by atoms with E-state index in [2.05, 4.69) is 46.2 Å². The van der Waals surface area contributed by atoms with Crippen LogP contribution in [0, 0.1) is 12.7 Å². The van der Waals surface area contributed by atoms with Crippen molar-refractivity contribution in [1.82, 2.24) is 20.4 Å². The first-order chi connectivity index (χ1) is 12.5. The zero-order valence-corrected chi connectivity index (χ0v) is 16.7. The van der Waals surface area contributed by atoms with Gasteiger partial charge >= 0.3 is 0 Å². The minimum atomic E-state index is -0.167. The second kappa shape index (κ2) is 10.5. The molecule has 0 radical (unpaired) electrons. The van der Waals surface area contributed by atoms with Crippen molar-refractivity contribution in [2.24, 2.45) is 4.99 Å². The van der Waals surface area contributed by atoms with Crippen LogP contribution in [0.1, 0.15) is 31.9 Å². The molecule has 5 nitrogen and oxygen atoms in total. The molecule has 2 rings (SSSR count). The van der Waals surface area contributed by atoms with E-state index in [-0.39, 0.29) is 5.82 Å². The van der Waals surface area contributed by atoms with E-state index >= 15 is 0 Å². The zero-order chi connectivity index (χ0) is 18.9. The summed E-state index contributed by atoms with van der Waals surface area (Å²) in [5, 5.41) is 6.74. The lowest BCUT2D eigenvalue weighted by Crippen LogP contribution is -2.53. The number of halogens is 1. The van der Waals surface area contributed by atoms with E-state index in [1.807, 2.05) is 6.07 Å². The monoisotopic (exact) mass is 363 g/mol. The predicted octanol–water partition coefficient (Wildman–Crippen LogP) is 2.22. The molecule has 1 heterocycles. The van der Waals surface area contributed by atoms with E-state index in [4.69, 9.17) is 0 Å². The molecule has 0 aliphatic carbocycles. The number of benzene rings is 1.